The molecule has 0 aromatic heterocycles. The third-order valence-electron chi connectivity index (χ3n) is 4.05. The molecule has 1 unspecified atom stereocenters. The van der Waals surface area contributed by atoms with E-state index in [0.29, 0.717) is 39.1 Å². The Morgan fingerprint density at radius 1 is 1.17 bits per heavy atom. The number of hydrogen-bond acceptors (Lipinski definition) is 4. The summed E-state index contributed by atoms with van der Waals surface area (Å²) in [5, 5.41) is 0. The number of carbonyl (C=O) groups excluding carboxylic acids is 2. The number of para-hydroxylation sites is 1. The minimum absolute atomic E-state index is 0.0424. The summed E-state index contributed by atoms with van der Waals surface area (Å²) < 4.78 is 5.78. The van der Waals surface area contributed by atoms with Gasteiger partial charge in [0.15, 0.2) is 6.10 Å². The van der Waals surface area contributed by atoms with Crippen LogP contribution >= 0.6 is 0 Å². The Bertz CT molecular complexity index is 554. The third-order valence-corrected chi connectivity index (χ3v) is 4.05. The maximum Gasteiger partial charge on any atom is 0.263 e. The summed E-state index contributed by atoms with van der Waals surface area (Å²) in [6.07, 6.45) is -0.178. The van der Waals surface area contributed by atoms with Crippen LogP contribution in [0.1, 0.15) is 18.9 Å². The van der Waals surface area contributed by atoms with Crippen LogP contribution in [0.25, 0.3) is 0 Å². The van der Waals surface area contributed by atoms with Crippen LogP contribution < -0.4 is 10.5 Å². The number of ether oxygens (including phenoxy) is 1. The van der Waals surface area contributed by atoms with Gasteiger partial charge in [0.2, 0.25) is 5.91 Å². The van der Waals surface area contributed by atoms with E-state index in [1.54, 1.807) is 16.7 Å². The SMILES string of the molecule is Cc1ccccc1OC(C)C(=O)N1CCN(C(=O)CCN)CC1. The molecule has 0 aliphatic carbocycles. The molecule has 1 aliphatic heterocycles. The number of rotatable bonds is 5. The number of aryl methyl sites for hydroxylation is 1. The normalized spacial score (nSPS) is 16.1. The van der Waals surface area contributed by atoms with Crippen molar-refractivity contribution in [1.29, 1.82) is 0 Å². The second kappa shape index (κ2) is 7.97. The van der Waals surface area contributed by atoms with E-state index in [2.05, 4.69) is 0 Å². The lowest BCUT2D eigenvalue weighted by molar-refractivity contribution is -0.143. The molecule has 0 bridgehead atoms. The van der Waals surface area contributed by atoms with Gasteiger partial charge in [-0.15, -0.1) is 0 Å². The average Bonchev–Trinajstić information content (AvgIpc) is 2.56. The predicted molar refractivity (Wildman–Crippen MR) is 88.1 cm³/mol. The molecule has 0 spiro atoms. The Hall–Kier alpha value is -2.08. The molecular formula is C17H25N3O3. The van der Waals surface area contributed by atoms with Gasteiger partial charge >= 0.3 is 0 Å². The van der Waals surface area contributed by atoms with Crippen LogP contribution in [0.2, 0.25) is 0 Å². The van der Waals surface area contributed by atoms with Gasteiger partial charge in [0.05, 0.1) is 0 Å². The minimum Gasteiger partial charge on any atom is -0.481 e. The lowest BCUT2D eigenvalue weighted by Crippen LogP contribution is -2.53. The van der Waals surface area contributed by atoms with Gasteiger partial charge in [-0.1, -0.05) is 18.2 Å². The van der Waals surface area contributed by atoms with E-state index in [-0.39, 0.29) is 11.8 Å². The monoisotopic (exact) mass is 319 g/mol. The highest BCUT2D eigenvalue weighted by Crippen LogP contribution is 2.18. The van der Waals surface area contributed by atoms with Crippen molar-refractivity contribution in [2.75, 3.05) is 32.7 Å². The molecule has 1 heterocycles. The quantitative estimate of drug-likeness (QED) is 0.870. The van der Waals surface area contributed by atoms with Crippen LogP contribution in [0, 0.1) is 6.92 Å². The highest BCUT2D eigenvalue weighted by molar-refractivity contribution is 5.81. The van der Waals surface area contributed by atoms with Gasteiger partial charge in [0.1, 0.15) is 5.75 Å². The van der Waals surface area contributed by atoms with E-state index in [4.69, 9.17) is 10.5 Å². The molecule has 2 N–H and O–H groups in total. The molecule has 2 rings (SSSR count). The Labute approximate surface area is 137 Å². The van der Waals surface area contributed by atoms with Crippen LogP contribution in [-0.4, -0.2) is 60.4 Å². The number of benzene rings is 1. The topological polar surface area (TPSA) is 75.9 Å². The van der Waals surface area contributed by atoms with Crippen molar-refractivity contribution in [2.24, 2.45) is 5.73 Å². The number of carbonyl (C=O) groups is 2. The highest BCUT2D eigenvalue weighted by Gasteiger charge is 2.27. The Kier molecular flexibility index (Phi) is 5.98. The maximum atomic E-state index is 12.5. The Balaban J connectivity index is 1.87. The number of nitrogens with zero attached hydrogens (tertiary/aromatic N) is 2. The molecule has 126 valence electrons. The first-order valence-electron chi connectivity index (χ1n) is 8.02. The summed E-state index contributed by atoms with van der Waals surface area (Å²) in [6, 6.07) is 7.64. The van der Waals surface area contributed by atoms with Crippen molar-refractivity contribution in [2.45, 2.75) is 26.4 Å². The molecule has 0 saturated carbocycles. The van der Waals surface area contributed by atoms with Crippen molar-refractivity contribution in [1.82, 2.24) is 9.80 Å². The number of hydrogen-bond donors (Lipinski definition) is 1. The van der Waals surface area contributed by atoms with E-state index in [0.717, 1.165) is 11.3 Å². The first kappa shape index (κ1) is 17.3. The van der Waals surface area contributed by atoms with Crippen LogP contribution in [0.3, 0.4) is 0 Å². The summed E-state index contributed by atoms with van der Waals surface area (Å²) in [4.78, 5) is 27.8. The molecule has 0 radical (unpaired) electrons. The molecule has 6 heteroatoms. The van der Waals surface area contributed by atoms with Crippen molar-refractivity contribution in [3.63, 3.8) is 0 Å². The standard InChI is InChI=1S/C17H25N3O3/c1-13-5-3-4-6-15(13)23-14(2)17(22)20-11-9-19(10-12-20)16(21)7-8-18/h3-6,14H,7-12,18H2,1-2H3. The second-order valence-electron chi connectivity index (χ2n) is 5.77. The van der Waals surface area contributed by atoms with E-state index < -0.39 is 6.10 Å². The van der Waals surface area contributed by atoms with Crippen LogP contribution in [0.4, 0.5) is 0 Å². The summed E-state index contributed by atoms with van der Waals surface area (Å²) >= 11 is 0. The molecule has 6 nitrogen and oxygen atoms in total. The van der Waals surface area contributed by atoms with Gasteiger partial charge in [-0.3, -0.25) is 9.59 Å². The first-order valence-corrected chi connectivity index (χ1v) is 8.02. The third kappa shape index (κ3) is 4.45. The van der Waals surface area contributed by atoms with Crippen molar-refractivity contribution in [3.8, 4) is 5.75 Å². The van der Waals surface area contributed by atoms with E-state index in [1.165, 1.54) is 0 Å². The van der Waals surface area contributed by atoms with Crippen LogP contribution in [0.5, 0.6) is 5.75 Å². The van der Waals surface area contributed by atoms with Gasteiger partial charge in [-0.2, -0.15) is 0 Å². The fourth-order valence-corrected chi connectivity index (χ4v) is 2.64. The average molecular weight is 319 g/mol. The fourth-order valence-electron chi connectivity index (χ4n) is 2.64. The van der Waals surface area contributed by atoms with Crippen LogP contribution in [-0.2, 0) is 9.59 Å². The molecule has 1 aromatic carbocycles. The van der Waals surface area contributed by atoms with Gasteiger partial charge in [0, 0.05) is 39.1 Å². The summed E-state index contributed by atoms with van der Waals surface area (Å²) in [7, 11) is 0. The van der Waals surface area contributed by atoms with E-state index in [9.17, 15) is 9.59 Å². The zero-order chi connectivity index (χ0) is 16.8. The van der Waals surface area contributed by atoms with Gasteiger partial charge in [-0.25, -0.2) is 0 Å². The van der Waals surface area contributed by atoms with Gasteiger partial charge < -0.3 is 20.3 Å². The Morgan fingerprint density at radius 3 is 2.39 bits per heavy atom. The molecule has 23 heavy (non-hydrogen) atoms. The maximum absolute atomic E-state index is 12.5. The summed E-state index contributed by atoms with van der Waals surface area (Å²) in [5.74, 6) is 0.744. The molecule has 2 amide bonds. The fraction of sp³-hybridized carbons (Fsp3) is 0.529. The second-order valence-corrected chi connectivity index (χ2v) is 5.77. The van der Waals surface area contributed by atoms with E-state index >= 15 is 0 Å². The highest BCUT2D eigenvalue weighted by atomic mass is 16.5. The molecule has 1 fully saturated rings. The summed E-state index contributed by atoms with van der Waals surface area (Å²) in [5.41, 5.74) is 6.41. The summed E-state index contributed by atoms with van der Waals surface area (Å²) in [6.45, 7) is 6.27. The zero-order valence-electron chi connectivity index (χ0n) is 13.8. The minimum atomic E-state index is -0.539. The number of piperazine rings is 1. The van der Waals surface area contributed by atoms with E-state index in [1.807, 2.05) is 31.2 Å². The molecule has 1 aliphatic rings. The molecular weight excluding hydrogens is 294 g/mol. The Morgan fingerprint density at radius 2 is 1.78 bits per heavy atom. The van der Waals surface area contributed by atoms with Crippen molar-refractivity contribution in [3.05, 3.63) is 29.8 Å². The van der Waals surface area contributed by atoms with Crippen LogP contribution in [0.15, 0.2) is 24.3 Å². The smallest absolute Gasteiger partial charge is 0.263 e. The molecule has 1 aromatic rings. The molecule has 1 saturated heterocycles. The number of nitrogens with two attached hydrogens (primary N) is 1. The molecule has 1 atom stereocenters. The van der Waals surface area contributed by atoms with Crippen molar-refractivity contribution >= 4 is 11.8 Å². The first-order chi connectivity index (χ1) is 11.0. The van der Waals surface area contributed by atoms with Gasteiger partial charge in [0.25, 0.3) is 5.91 Å². The van der Waals surface area contributed by atoms with Crippen molar-refractivity contribution < 1.29 is 14.3 Å². The number of amides is 2. The van der Waals surface area contributed by atoms with Gasteiger partial charge in [-0.05, 0) is 25.5 Å². The lowest BCUT2D eigenvalue weighted by Gasteiger charge is -2.36. The lowest BCUT2D eigenvalue weighted by atomic mass is 10.2. The zero-order valence-corrected chi connectivity index (χ0v) is 13.8. The largest absolute Gasteiger partial charge is 0.481 e. The predicted octanol–water partition coefficient (Wildman–Crippen LogP) is 0.782.